The highest BCUT2D eigenvalue weighted by atomic mass is 16.3. The summed E-state index contributed by atoms with van der Waals surface area (Å²) in [6.07, 6.45) is 6.26. The minimum Gasteiger partial charge on any atom is -0.396 e. The van der Waals surface area contributed by atoms with Gasteiger partial charge in [0.2, 0.25) is 5.91 Å². The summed E-state index contributed by atoms with van der Waals surface area (Å²) in [5, 5.41) is 10.2. The molecule has 6 heteroatoms. The molecule has 3 aromatic rings. The molecule has 0 spiro atoms. The largest absolute Gasteiger partial charge is 0.396 e. The number of rotatable bonds is 7. The summed E-state index contributed by atoms with van der Waals surface area (Å²) in [6, 6.07) is 16.0. The van der Waals surface area contributed by atoms with Gasteiger partial charge in [-0.1, -0.05) is 54.1 Å². The van der Waals surface area contributed by atoms with E-state index in [0.29, 0.717) is 31.7 Å². The molecule has 2 heterocycles. The monoisotopic (exact) mass is 442 g/mol. The number of aliphatic hydroxyl groups is 1. The van der Waals surface area contributed by atoms with Crippen LogP contribution < -0.4 is 0 Å². The van der Waals surface area contributed by atoms with Crippen LogP contribution >= 0.6 is 0 Å². The number of aromatic nitrogens is 2. The number of benzene rings is 2. The summed E-state index contributed by atoms with van der Waals surface area (Å²) < 4.78 is 1.99. The van der Waals surface area contributed by atoms with Crippen LogP contribution in [0, 0.1) is 18.9 Å². The second kappa shape index (κ2) is 10.0. The maximum absolute atomic E-state index is 13.0. The third kappa shape index (κ3) is 5.50. The Labute approximate surface area is 195 Å². The summed E-state index contributed by atoms with van der Waals surface area (Å²) in [5.41, 5.74) is 4.88. The third-order valence-electron chi connectivity index (χ3n) is 6.72. The molecule has 1 aliphatic heterocycles. The molecule has 0 radical (unpaired) electrons. The number of likely N-dealkylation sites (tertiary alicyclic amines) is 1. The predicted octanol–water partition coefficient (Wildman–Crippen LogP) is 4.18. The van der Waals surface area contributed by atoms with E-state index in [1.54, 1.807) is 12.5 Å². The number of hydrogen-bond donors (Lipinski definition) is 1. The minimum atomic E-state index is -0.163. The SMILES string of the molecule is [C-]#[N+]c1ccc(Cn2cncc2CC(=O)N2CCC(CO)(Cc3cccc(C)c3)CC2)cc1. The van der Waals surface area contributed by atoms with Crippen molar-refractivity contribution in [2.75, 3.05) is 19.7 Å². The van der Waals surface area contributed by atoms with Gasteiger partial charge in [-0.15, -0.1) is 0 Å². The third-order valence-corrected chi connectivity index (χ3v) is 6.72. The molecule has 1 amide bonds. The molecule has 1 fully saturated rings. The van der Waals surface area contributed by atoms with Crippen molar-refractivity contribution in [3.63, 3.8) is 0 Å². The highest BCUT2D eigenvalue weighted by Gasteiger charge is 2.35. The average Bonchev–Trinajstić information content (AvgIpc) is 3.26. The van der Waals surface area contributed by atoms with Crippen LogP contribution in [-0.4, -0.2) is 45.2 Å². The molecule has 1 aromatic heterocycles. The lowest BCUT2D eigenvalue weighted by Gasteiger charge is -2.41. The zero-order chi connectivity index (χ0) is 23.3. The van der Waals surface area contributed by atoms with Crippen LogP contribution in [0.5, 0.6) is 0 Å². The summed E-state index contributed by atoms with van der Waals surface area (Å²) >= 11 is 0. The number of nitrogens with zero attached hydrogens (tertiary/aromatic N) is 4. The van der Waals surface area contributed by atoms with Crippen LogP contribution in [-0.2, 0) is 24.2 Å². The number of piperidine rings is 1. The van der Waals surface area contributed by atoms with Crippen molar-refractivity contribution in [1.29, 1.82) is 0 Å². The Hall–Kier alpha value is -3.43. The number of hydrogen-bond acceptors (Lipinski definition) is 3. The van der Waals surface area contributed by atoms with Gasteiger partial charge in [-0.3, -0.25) is 4.79 Å². The lowest BCUT2D eigenvalue weighted by atomic mass is 9.74. The van der Waals surface area contributed by atoms with Crippen LogP contribution in [0.15, 0.2) is 61.1 Å². The summed E-state index contributed by atoms with van der Waals surface area (Å²) in [4.78, 5) is 22.6. The van der Waals surface area contributed by atoms with Gasteiger partial charge in [0.05, 0.1) is 19.3 Å². The second-order valence-corrected chi connectivity index (χ2v) is 9.17. The Kier molecular flexibility index (Phi) is 6.90. The van der Waals surface area contributed by atoms with Gasteiger partial charge in [-0.25, -0.2) is 9.83 Å². The molecule has 0 atom stereocenters. The van der Waals surface area contributed by atoms with Crippen molar-refractivity contribution in [3.05, 3.63) is 94.9 Å². The number of carbonyl (C=O) groups is 1. The Morgan fingerprint density at radius 2 is 1.91 bits per heavy atom. The van der Waals surface area contributed by atoms with E-state index >= 15 is 0 Å². The number of aliphatic hydroxyl groups excluding tert-OH is 1. The fraction of sp³-hybridized carbons (Fsp3) is 0.370. The van der Waals surface area contributed by atoms with Crippen LogP contribution in [0.3, 0.4) is 0 Å². The molecule has 0 saturated carbocycles. The first-order valence-corrected chi connectivity index (χ1v) is 11.4. The van der Waals surface area contributed by atoms with Gasteiger partial charge in [0.25, 0.3) is 0 Å². The molecular formula is C27H30N4O2. The van der Waals surface area contributed by atoms with E-state index in [9.17, 15) is 9.90 Å². The van der Waals surface area contributed by atoms with Gasteiger partial charge in [0, 0.05) is 43.5 Å². The van der Waals surface area contributed by atoms with E-state index in [-0.39, 0.29) is 17.9 Å². The molecule has 2 aromatic carbocycles. The molecule has 1 saturated heterocycles. The van der Waals surface area contributed by atoms with Crippen molar-refractivity contribution in [2.24, 2.45) is 5.41 Å². The van der Waals surface area contributed by atoms with Crippen LogP contribution in [0.25, 0.3) is 4.85 Å². The first kappa shape index (κ1) is 22.8. The highest BCUT2D eigenvalue weighted by Crippen LogP contribution is 2.35. The van der Waals surface area contributed by atoms with Gasteiger partial charge >= 0.3 is 0 Å². The molecule has 0 bridgehead atoms. The Morgan fingerprint density at radius 1 is 1.15 bits per heavy atom. The van der Waals surface area contributed by atoms with Gasteiger partial charge in [-0.2, -0.15) is 0 Å². The van der Waals surface area contributed by atoms with E-state index in [1.807, 2.05) is 33.7 Å². The number of imidazole rings is 1. The standard InChI is InChI=1S/C27H30N4O2/c1-21-4-3-5-23(14-21)16-27(19-32)10-12-30(13-11-27)26(33)15-25-17-29-20-31(25)18-22-6-8-24(28-2)9-7-22/h3-9,14,17,20,32H,10-13,15-16,18-19H2,1H3. The fourth-order valence-corrected chi connectivity index (χ4v) is 4.65. The van der Waals surface area contributed by atoms with Gasteiger partial charge in [-0.05, 0) is 37.3 Å². The fourth-order valence-electron chi connectivity index (χ4n) is 4.65. The normalized spacial score (nSPS) is 15.2. The molecule has 0 aliphatic carbocycles. The number of carbonyl (C=O) groups excluding carboxylic acids is 1. The van der Waals surface area contributed by atoms with E-state index < -0.39 is 0 Å². The van der Waals surface area contributed by atoms with Gasteiger partial charge in [0.1, 0.15) is 0 Å². The van der Waals surface area contributed by atoms with E-state index in [4.69, 9.17) is 6.57 Å². The Balaban J connectivity index is 1.35. The van der Waals surface area contributed by atoms with E-state index in [1.165, 1.54) is 11.1 Å². The van der Waals surface area contributed by atoms with Crippen molar-refractivity contribution < 1.29 is 9.90 Å². The van der Waals surface area contributed by atoms with Gasteiger partial charge < -0.3 is 14.6 Å². The molecule has 1 aliphatic rings. The van der Waals surface area contributed by atoms with E-state index in [0.717, 1.165) is 30.5 Å². The quantitative estimate of drug-likeness (QED) is 0.559. The van der Waals surface area contributed by atoms with Crippen LogP contribution in [0.1, 0.15) is 35.2 Å². The molecule has 4 rings (SSSR count). The maximum Gasteiger partial charge on any atom is 0.228 e. The smallest absolute Gasteiger partial charge is 0.228 e. The minimum absolute atomic E-state index is 0.0993. The lowest BCUT2D eigenvalue weighted by Crippen LogP contribution is -2.46. The van der Waals surface area contributed by atoms with Crippen molar-refractivity contribution in [2.45, 2.75) is 39.2 Å². The summed E-state index contributed by atoms with van der Waals surface area (Å²) in [7, 11) is 0. The molecule has 1 N–H and O–H groups in total. The second-order valence-electron chi connectivity index (χ2n) is 9.17. The maximum atomic E-state index is 13.0. The van der Waals surface area contributed by atoms with E-state index in [2.05, 4.69) is 41.0 Å². The molecule has 33 heavy (non-hydrogen) atoms. The molecule has 6 nitrogen and oxygen atoms in total. The molecular weight excluding hydrogens is 412 g/mol. The number of amides is 1. The molecule has 170 valence electrons. The predicted molar refractivity (Wildman–Crippen MR) is 128 cm³/mol. The average molecular weight is 443 g/mol. The van der Waals surface area contributed by atoms with Gasteiger partial charge in [0.15, 0.2) is 5.69 Å². The number of aryl methyl sites for hydroxylation is 1. The highest BCUT2D eigenvalue weighted by molar-refractivity contribution is 5.78. The summed E-state index contributed by atoms with van der Waals surface area (Å²) in [6.45, 7) is 11.2. The zero-order valence-corrected chi connectivity index (χ0v) is 19.1. The Morgan fingerprint density at radius 3 is 2.58 bits per heavy atom. The van der Waals surface area contributed by atoms with Crippen LogP contribution in [0.2, 0.25) is 0 Å². The molecule has 0 unspecified atom stereocenters. The first-order valence-electron chi connectivity index (χ1n) is 11.4. The Bertz CT molecular complexity index is 1140. The topological polar surface area (TPSA) is 62.7 Å². The van der Waals surface area contributed by atoms with Crippen molar-refractivity contribution >= 4 is 11.6 Å². The first-order chi connectivity index (χ1) is 16.0. The zero-order valence-electron chi connectivity index (χ0n) is 19.1. The van der Waals surface area contributed by atoms with Crippen molar-refractivity contribution in [3.8, 4) is 0 Å². The summed E-state index contributed by atoms with van der Waals surface area (Å²) in [5.74, 6) is 0.0993. The van der Waals surface area contributed by atoms with Crippen molar-refractivity contribution in [1.82, 2.24) is 14.5 Å². The van der Waals surface area contributed by atoms with Crippen LogP contribution in [0.4, 0.5) is 5.69 Å². The lowest BCUT2D eigenvalue weighted by molar-refractivity contribution is -0.133.